The average Bonchev–Trinajstić information content (AvgIpc) is 3.11. The minimum Gasteiger partial charge on any atom is -0.449 e. The third-order valence-electron chi connectivity index (χ3n) is 5.48. The number of nitro benzene ring substituents is 1. The van der Waals surface area contributed by atoms with E-state index >= 15 is 0 Å². The number of hydrogen-bond acceptors (Lipinski definition) is 5. The molecule has 162 valence electrons. The molecule has 0 fully saturated rings. The van der Waals surface area contributed by atoms with Crippen molar-refractivity contribution >= 4 is 23.5 Å². The van der Waals surface area contributed by atoms with Gasteiger partial charge in [0, 0.05) is 18.5 Å². The number of anilines is 1. The van der Waals surface area contributed by atoms with Crippen LogP contribution in [-0.4, -0.2) is 24.2 Å². The molecular weight excluding hydrogens is 406 g/mol. The molecule has 0 atom stereocenters. The Kier molecular flexibility index (Phi) is 6.17. The number of rotatable bonds is 7. The average molecular weight is 429 g/mol. The second kappa shape index (κ2) is 9.34. The van der Waals surface area contributed by atoms with Crippen LogP contribution in [0.1, 0.15) is 29.0 Å². The number of carbonyl (C=O) groups excluding carboxylic acids is 1. The van der Waals surface area contributed by atoms with Gasteiger partial charge < -0.3 is 15.8 Å². The number of fused-ring (bicyclic) bond motifs is 3. The molecule has 3 aromatic rings. The molecule has 7 nitrogen and oxygen atoms in total. The fourth-order valence-corrected chi connectivity index (χ4v) is 3.97. The molecule has 1 amide bonds. The molecule has 4 rings (SSSR count). The van der Waals surface area contributed by atoms with E-state index in [1.54, 1.807) is 18.2 Å². The Morgan fingerprint density at radius 3 is 2.34 bits per heavy atom. The van der Waals surface area contributed by atoms with Gasteiger partial charge in [0.15, 0.2) is 0 Å². The lowest BCUT2D eigenvalue weighted by Crippen LogP contribution is -2.26. The lowest BCUT2D eigenvalue weighted by atomic mass is 9.98. The number of amides is 1. The van der Waals surface area contributed by atoms with E-state index in [2.05, 4.69) is 29.6 Å². The Morgan fingerprint density at radius 1 is 1.06 bits per heavy atom. The number of nitrogen functional groups attached to an aromatic ring is 1. The van der Waals surface area contributed by atoms with Crippen molar-refractivity contribution in [2.45, 2.75) is 12.3 Å². The highest BCUT2D eigenvalue weighted by atomic mass is 16.6. The first-order valence-corrected chi connectivity index (χ1v) is 10.3. The molecule has 32 heavy (non-hydrogen) atoms. The van der Waals surface area contributed by atoms with E-state index in [4.69, 9.17) is 10.5 Å². The van der Waals surface area contributed by atoms with Crippen LogP contribution in [0.15, 0.2) is 72.8 Å². The Balaban J connectivity index is 1.26. The van der Waals surface area contributed by atoms with Crippen LogP contribution in [0.3, 0.4) is 0 Å². The molecule has 1 aliphatic rings. The third kappa shape index (κ3) is 4.46. The predicted molar refractivity (Wildman–Crippen MR) is 124 cm³/mol. The van der Waals surface area contributed by atoms with Crippen LogP contribution in [0.25, 0.3) is 17.2 Å². The van der Waals surface area contributed by atoms with Crippen molar-refractivity contribution in [1.29, 1.82) is 0 Å². The summed E-state index contributed by atoms with van der Waals surface area (Å²) in [7, 11) is 0. The zero-order valence-corrected chi connectivity index (χ0v) is 17.4. The van der Waals surface area contributed by atoms with Crippen LogP contribution in [0.2, 0.25) is 0 Å². The predicted octanol–water partition coefficient (Wildman–Crippen LogP) is 5.12. The van der Waals surface area contributed by atoms with Crippen LogP contribution in [0, 0.1) is 10.1 Å². The van der Waals surface area contributed by atoms with Gasteiger partial charge in [0.2, 0.25) is 0 Å². The van der Waals surface area contributed by atoms with Crippen molar-refractivity contribution in [2.24, 2.45) is 0 Å². The summed E-state index contributed by atoms with van der Waals surface area (Å²) in [6, 6.07) is 21.0. The summed E-state index contributed by atoms with van der Waals surface area (Å²) in [5.74, 6) is 0.0284. The molecule has 7 heteroatoms. The molecule has 0 aliphatic heterocycles. The van der Waals surface area contributed by atoms with E-state index < -0.39 is 11.0 Å². The van der Waals surface area contributed by atoms with E-state index in [1.807, 2.05) is 30.3 Å². The number of nitrogens with two attached hydrogens (primary N) is 1. The second-order valence-electron chi connectivity index (χ2n) is 7.52. The number of carbonyl (C=O) groups is 1. The normalized spacial score (nSPS) is 12.4. The van der Waals surface area contributed by atoms with Gasteiger partial charge in [0.1, 0.15) is 12.3 Å². The van der Waals surface area contributed by atoms with Gasteiger partial charge in [-0.25, -0.2) is 4.79 Å². The van der Waals surface area contributed by atoms with E-state index in [1.165, 1.54) is 28.3 Å². The van der Waals surface area contributed by atoms with Crippen LogP contribution >= 0.6 is 0 Å². The molecular formula is C25H23N3O4. The molecule has 3 N–H and O–H groups in total. The van der Waals surface area contributed by atoms with Gasteiger partial charge in [0.25, 0.3) is 5.69 Å². The van der Waals surface area contributed by atoms with Crippen LogP contribution in [-0.2, 0) is 4.74 Å². The monoisotopic (exact) mass is 429 g/mol. The number of nitrogens with zero attached hydrogens (tertiary/aromatic N) is 1. The van der Waals surface area contributed by atoms with E-state index in [9.17, 15) is 14.9 Å². The molecule has 0 radical (unpaired) electrons. The molecule has 0 bridgehead atoms. The number of ether oxygens (including phenoxy) is 1. The van der Waals surface area contributed by atoms with Gasteiger partial charge in [-0.2, -0.15) is 0 Å². The highest BCUT2D eigenvalue weighted by Gasteiger charge is 2.28. The molecule has 1 aliphatic carbocycles. The summed E-state index contributed by atoms with van der Waals surface area (Å²) in [4.78, 5) is 22.5. The zero-order chi connectivity index (χ0) is 22.5. The number of hydrogen-bond donors (Lipinski definition) is 2. The van der Waals surface area contributed by atoms with Crippen LogP contribution < -0.4 is 11.1 Å². The van der Waals surface area contributed by atoms with Crippen molar-refractivity contribution < 1.29 is 14.5 Å². The van der Waals surface area contributed by atoms with Gasteiger partial charge in [-0.1, -0.05) is 60.7 Å². The van der Waals surface area contributed by atoms with E-state index in [-0.39, 0.29) is 23.9 Å². The first-order chi connectivity index (χ1) is 15.5. The number of alkyl carbamates (subject to hydrolysis) is 1. The largest absolute Gasteiger partial charge is 0.449 e. The fraction of sp³-hybridized carbons (Fsp3) is 0.160. The quantitative estimate of drug-likeness (QED) is 0.235. The lowest BCUT2D eigenvalue weighted by Gasteiger charge is -2.14. The Bertz CT molecular complexity index is 1140. The van der Waals surface area contributed by atoms with Gasteiger partial charge in [-0.3, -0.25) is 10.1 Å². The Hall–Kier alpha value is -4.13. The van der Waals surface area contributed by atoms with E-state index in [0.717, 1.165) is 5.56 Å². The van der Waals surface area contributed by atoms with Crippen molar-refractivity contribution in [3.8, 4) is 11.1 Å². The first kappa shape index (κ1) is 21.1. The van der Waals surface area contributed by atoms with Gasteiger partial charge >= 0.3 is 6.09 Å². The fourth-order valence-electron chi connectivity index (χ4n) is 3.97. The summed E-state index contributed by atoms with van der Waals surface area (Å²) in [5, 5.41) is 13.6. The molecule has 0 spiro atoms. The van der Waals surface area contributed by atoms with E-state index in [0.29, 0.717) is 13.0 Å². The van der Waals surface area contributed by atoms with Crippen molar-refractivity contribution in [3.63, 3.8) is 0 Å². The Labute approximate surface area is 185 Å². The van der Waals surface area contributed by atoms with Gasteiger partial charge in [-0.05, 0) is 46.4 Å². The van der Waals surface area contributed by atoms with Gasteiger partial charge in [0.05, 0.1) is 4.92 Å². The Morgan fingerprint density at radius 2 is 1.72 bits per heavy atom. The molecule has 0 saturated heterocycles. The molecule has 0 saturated carbocycles. The standard InChI is InChI=1S/C25H23N3O4/c26-23-15-17(12-13-24(23)28(30)31)7-5-6-14-27-25(29)32-16-22-20-10-3-1-8-18(20)19-9-2-4-11-21(19)22/h1-5,7-13,15,22H,6,14,16,26H2,(H,27,29). The molecule has 0 unspecified atom stereocenters. The SMILES string of the molecule is Nc1cc(C=CCCNC(=O)OCC2c3ccccc3-c3ccccc32)ccc1[N+](=O)[O-]. The maximum absolute atomic E-state index is 12.2. The highest BCUT2D eigenvalue weighted by molar-refractivity contribution is 5.79. The molecule has 0 heterocycles. The zero-order valence-electron chi connectivity index (χ0n) is 17.4. The van der Waals surface area contributed by atoms with Crippen molar-refractivity contribution in [2.75, 3.05) is 18.9 Å². The maximum Gasteiger partial charge on any atom is 0.407 e. The van der Waals surface area contributed by atoms with Crippen LogP contribution in [0.5, 0.6) is 0 Å². The minimum absolute atomic E-state index is 0.0284. The third-order valence-corrected chi connectivity index (χ3v) is 5.48. The molecule has 3 aromatic carbocycles. The van der Waals surface area contributed by atoms with Crippen molar-refractivity contribution in [1.82, 2.24) is 5.32 Å². The molecule has 0 aromatic heterocycles. The lowest BCUT2D eigenvalue weighted by molar-refractivity contribution is -0.383. The van der Waals surface area contributed by atoms with Gasteiger partial charge in [-0.15, -0.1) is 0 Å². The number of nitrogens with one attached hydrogen (secondary N) is 1. The summed E-state index contributed by atoms with van der Waals surface area (Å²) >= 11 is 0. The highest BCUT2D eigenvalue weighted by Crippen LogP contribution is 2.44. The smallest absolute Gasteiger partial charge is 0.407 e. The minimum atomic E-state index is -0.513. The topological polar surface area (TPSA) is 107 Å². The number of nitro groups is 1. The second-order valence-corrected chi connectivity index (χ2v) is 7.52. The number of benzene rings is 3. The van der Waals surface area contributed by atoms with Crippen molar-refractivity contribution in [3.05, 3.63) is 99.6 Å². The summed E-state index contributed by atoms with van der Waals surface area (Å²) in [6.45, 7) is 0.688. The first-order valence-electron chi connectivity index (χ1n) is 10.3. The van der Waals surface area contributed by atoms with Crippen LogP contribution in [0.4, 0.5) is 16.2 Å². The summed E-state index contributed by atoms with van der Waals surface area (Å²) in [6.07, 6.45) is 3.80. The summed E-state index contributed by atoms with van der Waals surface area (Å²) < 4.78 is 5.50. The maximum atomic E-state index is 12.2. The summed E-state index contributed by atoms with van der Waals surface area (Å²) in [5.41, 5.74) is 11.2.